The van der Waals surface area contributed by atoms with Crippen LogP contribution in [0.2, 0.25) is 0 Å². The quantitative estimate of drug-likeness (QED) is 0.501. The molecule has 0 heterocycles. The molecule has 0 fully saturated rings. The molecule has 3 rings (SSSR count). The standard InChI is InChI=1S/C18H16N2O2/c19-13-9-11-15(12-10-13)20(14-5-2-1-3-6-14)16-7-4-8-17(21)18(16)22/h1-12,21-22H,19H2. The van der Waals surface area contributed by atoms with Crippen molar-refractivity contribution in [3.63, 3.8) is 0 Å². The minimum absolute atomic E-state index is 0.158. The molecule has 0 bridgehead atoms. The van der Waals surface area contributed by atoms with E-state index in [2.05, 4.69) is 0 Å². The number of hydrogen-bond donors (Lipinski definition) is 3. The van der Waals surface area contributed by atoms with E-state index in [0.717, 1.165) is 11.4 Å². The molecule has 0 aliphatic rings. The Labute approximate surface area is 128 Å². The van der Waals surface area contributed by atoms with Crippen molar-refractivity contribution in [3.05, 3.63) is 72.8 Å². The number of phenolic OH excluding ortho intramolecular Hbond substituents is 2. The topological polar surface area (TPSA) is 69.7 Å². The monoisotopic (exact) mass is 292 g/mol. The fourth-order valence-electron chi connectivity index (χ4n) is 2.33. The van der Waals surface area contributed by atoms with E-state index in [0.29, 0.717) is 11.4 Å². The fraction of sp³-hybridized carbons (Fsp3) is 0. The third-order valence-corrected chi connectivity index (χ3v) is 3.40. The van der Waals surface area contributed by atoms with E-state index in [-0.39, 0.29) is 11.5 Å². The predicted octanol–water partition coefficient (Wildman–Crippen LogP) is 4.15. The highest BCUT2D eigenvalue weighted by Crippen LogP contribution is 2.43. The second-order valence-corrected chi connectivity index (χ2v) is 4.91. The molecule has 0 aromatic heterocycles. The Balaban J connectivity index is 2.19. The van der Waals surface area contributed by atoms with Crippen molar-refractivity contribution in [2.24, 2.45) is 0 Å². The van der Waals surface area contributed by atoms with Crippen LogP contribution in [0.15, 0.2) is 72.8 Å². The summed E-state index contributed by atoms with van der Waals surface area (Å²) in [5.41, 5.74) is 8.61. The minimum atomic E-state index is -0.164. The Hall–Kier alpha value is -3.14. The molecule has 4 nitrogen and oxygen atoms in total. The van der Waals surface area contributed by atoms with Gasteiger partial charge in [-0.15, -0.1) is 0 Å². The van der Waals surface area contributed by atoms with Crippen LogP contribution < -0.4 is 10.6 Å². The zero-order valence-corrected chi connectivity index (χ0v) is 11.8. The van der Waals surface area contributed by atoms with Crippen LogP contribution in [-0.2, 0) is 0 Å². The van der Waals surface area contributed by atoms with E-state index < -0.39 is 0 Å². The highest BCUT2D eigenvalue weighted by molar-refractivity contribution is 5.81. The smallest absolute Gasteiger partial charge is 0.182 e. The van der Waals surface area contributed by atoms with Crippen LogP contribution in [-0.4, -0.2) is 10.2 Å². The second kappa shape index (κ2) is 5.69. The number of nitrogens with two attached hydrogens (primary N) is 1. The zero-order chi connectivity index (χ0) is 15.5. The molecular formula is C18H16N2O2. The summed E-state index contributed by atoms with van der Waals surface area (Å²) in [6, 6.07) is 21.8. The number of phenols is 2. The SMILES string of the molecule is Nc1ccc(N(c2ccccc2)c2cccc(O)c2O)cc1. The molecule has 0 aliphatic heterocycles. The number of para-hydroxylation sites is 2. The first-order chi connectivity index (χ1) is 10.7. The van der Waals surface area contributed by atoms with Gasteiger partial charge in [0.2, 0.25) is 0 Å². The van der Waals surface area contributed by atoms with Gasteiger partial charge in [0, 0.05) is 17.1 Å². The van der Waals surface area contributed by atoms with Gasteiger partial charge in [-0.25, -0.2) is 0 Å². The molecule has 4 heteroatoms. The summed E-state index contributed by atoms with van der Waals surface area (Å²) in [5.74, 6) is -0.322. The van der Waals surface area contributed by atoms with Crippen LogP contribution in [0.4, 0.5) is 22.7 Å². The fourth-order valence-corrected chi connectivity index (χ4v) is 2.33. The first-order valence-corrected chi connectivity index (χ1v) is 6.88. The maximum absolute atomic E-state index is 10.2. The van der Waals surface area contributed by atoms with Crippen LogP contribution in [0.1, 0.15) is 0 Å². The van der Waals surface area contributed by atoms with Gasteiger partial charge in [-0.05, 0) is 48.5 Å². The van der Waals surface area contributed by atoms with E-state index in [1.807, 2.05) is 47.4 Å². The van der Waals surface area contributed by atoms with Gasteiger partial charge in [0.05, 0.1) is 5.69 Å². The molecule has 0 saturated heterocycles. The van der Waals surface area contributed by atoms with Gasteiger partial charge in [-0.2, -0.15) is 0 Å². The Morgan fingerprint density at radius 1 is 0.682 bits per heavy atom. The molecule has 0 radical (unpaired) electrons. The molecule has 4 N–H and O–H groups in total. The number of nitrogens with zero attached hydrogens (tertiary/aromatic N) is 1. The Morgan fingerprint density at radius 2 is 1.32 bits per heavy atom. The summed E-state index contributed by atoms with van der Waals surface area (Å²) < 4.78 is 0. The lowest BCUT2D eigenvalue weighted by Crippen LogP contribution is -2.10. The molecular weight excluding hydrogens is 276 g/mol. The zero-order valence-electron chi connectivity index (χ0n) is 11.8. The average molecular weight is 292 g/mol. The number of benzene rings is 3. The lowest BCUT2D eigenvalue weighted by Gasteiger charge is -2.26. The Kier molecular flexibility index (Phi) is 3.58. The molecule has 3 aromatic rings. The first-order valence-electron chi connectivity index (χ1n) is 6.88. The summed E-state index contributed by atoms with van der Waals surface area (Å²) in [4.78, 5) is 1.86. The number of rotatable bonds is 3. The van der Waals surface area contributed by atoms with Gasteiger partial charge in [0.15, 0.2) is 11.5 Å². The molecule has 3 aromatic carbocycles. The van der Waals surface area contributed by atoms with Crippen LogP contribution in [0.5, 0.6) is 11.5 Å². The number of aromatic hydroxyl groups is 2. The van der Waals surface area contributed by atoms with Crippen LogP contribution in [0.25, 0.3) is 0 Å². The maximum Gasteiger partial charge on any atom is 0.182 e. The van der Waals surface area contributed by atoms with E-state index in [4.69, 9.17) is 5.73 Å². The van der Waals surface area contributed by atoms with Crippen molar-refractivity contribution in [2.75, 3.05) is 10.6 Å². The molecule has 0 unspecified atom stereocenters. The van der Waals surface area contributed by atoms with Crippen molar-refractivity contribution >= 4 is 22.7 Å². The maximum atomic E-state index is 10.2. The molecule has 22 heavy (non-hydrogen) atoms. The summed E-state index contributed by atoms with van der Waals surface area (Å²) in [6.07, 6.45) is 0. The lowest BCUT2D eigenvalue weighted by atomic mass is 10.1. The van der Waals surface area contributed by atoms with Crippen LogP contribution >= 0.6 is 0 Å². The Bertz CT molecular complexity index is 771. The normalized spacial score (nSPS) is 10.4. The summed E-state index contributed by atoms with van der Waals surface area (Å²) in [5, 5.41) is 20.0. The molecule has 0 saturated carbocycles. The molecule has 0 atom stereocenters. The molecule has 110 valence electrons. The van der Waals surface area contributed by atoms with Crippen molar-refractivity contribution < 1.29 is 10.2 Å². The first kappa shape index (κ1) is 13.8. The van der Waals surface area contributed by atoms with Gasteiger partial charge in [0.25, 0.3) is 0 Å². The summed E-state index contributed by atoms with van der Waals surface area (Å²) >= 11 is 0. The van der Waals surface area contributed by atoms with Crippen molar-refractivity contribution in [2.45, 2.75) is 0 Å². The molecule has 0 aliphatic carbocycles. The van der Waals surface area contributed by atoms with Gasteiger partial charge >= 0.3 is 0 Å². The number of hydrogen-bond acceptors (Lipinski definition) is 4. The highest BCUT2D eigenvalue weighted by atomic mass is 16.3. The number of anilines is 4. The number of nitrogen functional groups attached to an aromatic ring is 1. The van der Waals surface area contributed by atoms with Gasteiger partial charge in [-0.1, -0.05) is 24.3 Å². The van der Waals surface area contributed by atoms with Gasteiger partial charge in [-0.3, -0.25) is 0 Å². The third kappa shape index (κ3) is 2.54. The molecule has 0 amide bonds. The summed E-state index contributed by atoms with van der Waals surface area (Å²) in [7, 11) is 0. The minimum Gasteiger partial charge on any atom is -0.504 e. The largest absolute Gasteiger partial charge is 0.504 e. The van der Waals surface area contributed by atoms with E-state index >= 15 is 0 Å². The van der Waals surface area contributed by atoms with Crippen molar-refractivity contribution in [3.8, 4) is 11.5 Å². The van der Waals surface area contributed by atoms with E-state index in [1.54, 1.807) is 24.3 Å². The van der Waals surface area contributed by atoms with E-state index in [1.165, 1.54) is 6.07 Å². The Morgan fingerprint density at radius 3 is 2.00 bits per heavy atom. The van der Waals surface area contributed by atoms with E-state index in [9.17, 15) is 10.2 Å². The second-order valence-electron chi connectivity index (χ2n) is 4.91. The van der Waals surface area contributed by atoms with Crippen molar-refractivity contribution in [1.29, 1.82) is 0 Å². The van der Waals surface area contributed by atoms with Crippen LogP contribution in [0, 0.1) is 0 Å². The van der Waals surface area contributed by atoms with Crippen molar-refractivity contribution in [1.82, 2.24) is 0 Å². The average Bonchev–Trinajstić information content (AvgIpc) is 2.54. The summed E-state index contributed by atoms with van der Waals surface area (Å²) in [6.45, 7) is 0. The predicted molar refractivity (Wildman–Crippen MR) is 88.9 cm³/mol. The van der Waals surface area contributed by atoms with Crippen LogP contribution in [0.3, 0.4) is 0 Å². The third-order valence-electron chi connectivity index (χ3n) is 3.40. The molecule has 0 spiro atoms. The van der Waals surface area contributed by atoms with Gasteiger partial charge < -0.3 is 20.8 Å². The van der Waals surface area contributed by atoms with Gasteiger partial charge in [0.1, 0.15) is 0 Å². The highest BCUT2D eigenvalue weighted by Gasteiger charge is 2.17. The lowest BCUT2D eigenvalue weighted by molar-refractivity contribution is 0.405.